The smallest absolute Gasteiger partial charge is 0.416 e. The second-order valence-electron chi connectivity index (χ2n) is 15.8. The molecule has 0 aliphatic rings. The number of alkyl halides is 24. The van der Waals surface area contributed by atoms with Gasteiger partial charge in [0.25, 0.3) is 0 Å². The zero-order valence-corrected chi connectivity index (χ0v) is 37.0. The van der Waals surface area contributed by atoms with E-state index in [9.17, 15) is 115 Å². The van der Waals surface area contributed by atoms with Gasteiger partial charge in [-0.05, 0) is 47.3 Å². The minimum absolute atomic E-state index is 0.0969. The second-order valence-corrected chi connectivity index (χ2v) is 18.1. The maximum Gasteiger partial charge on any atom is 0.416 e. The van der Waals surface area contributed by atoms with Crippen molar-refractivity contribution in [2.75, 3.05) is 25.4 Å². The van der Waals surface area contributed by atoms with Gasteiger partial charge in [0.2, 0.25) is 5.78 Å². The Morgan fingerprint density at radius 2 is 0.562 bits per heavy atom. The standard InChI is InChI=1S/C32H12BF24.C12H15O3S/c34-25(35,36)13-1-14(26(37,38)39)6-21(5-13)33(22-7-15(27(40,41)42)2-16(8-22)28(43,44)45,23-9-17(29(46,47)48)3-18(10-23)30(49,50)51)24-11-19(31(52,53)54)4-20(12-24)32(55,56)57;1-15-12(14)10-6-4-9(5-7-10)11(13)8-16(2)3/h1-12H;4-7H,8H2,1-3H3/q-1;+1. The number of Topliss-reactive ketones (excluding diaryl/α,β-unsaturated/α-hetero) is 1. The van der Waals surface area contributed by atoms with Crippen LogP contribution in [0.1, 0.15) is 65.2 Å². The van der Waals surface area contributed by atoms with Crippen LogP contribution in [-0.2, 0) is 65.0 Å². The molecule has 0 fully saturated rings. The van der Waals surface area contributed by atoms with Crippen LogP contribution in [0.2, 0.25) is 0 Å². The molecule has 0 spiro atoms. The van der Waals surface area contributed by atoms with Crippen LogP contribution in [0.3, 0.4) is 0 Å². The maximum atomic E-state index is 14.2. The first kappa shape index (κ1) is 59.5. The fourth-order valence-electron chi connectivity index (χ4n) is 7.33. The van der Waals surface area contributed by atoms with Crippen LogP contribution < -0.4 is 21.9 Å². The third kappa shape index (κ3) is 14.2. The Labute approximate surface area is 397 Å². The fraction of sp³-hybridized carbons (Fsp3) is 0.273. The van der Waals surface area contributed by atoms with E-state index < -0.39 is 195 Å². The molecule has 73 heavy (non-hydrogen) atoms. The predicted molar refractivity (Wildman–Crippen MR) is 216 cm³/mol. The Morgan fingerprint density at radius 1 is 0.370 bits per heavy atom. The van der Waals surface area contributed by atoms with Gasteiger partial charge in [-0.2, -0.15) is 127 Å². The maximum absolute atomic E-state index is 14.2. The van der Waals surface area contributed by atoms with Gasteiger partial charge in [0.05, 0.1) is 69.7 Å². The molecule has 0 aliphatic heterocycles. The minimum Gasteiger partial charge on any atom is -0.465 e. The lowest BCUT2D eigenvalue weighted by molar-refractivity contribution is -0.144. The summed E-state index contributed by atoms with van der Waals surface area (Å²) in [5.41, 5.74) is -29.1. The van der Waals surface area contributed by atoms with Gasteiger partial charge in [0.15, 0.2) is 5.75 Å². The Kier molecular flexibility index (Phi) is 16.6. The summed E-state index contributed by atoms with van der Waals surface area (Å²) < 4.78 is 345. The molecule has 0 saturated heterocycles. The summed E-state index contributed by atoms with van der Waals surface area (Å²) in [6.07, 6.45) is -50.7. The van der Waals surface area contributed by atoms with Crippen LogP contribution in [-0.4, -0.2) is 43.3 Å². The molecule has 0 bridgehead atoms. The number of ether oxygens (including phenoxy) is 1. The van der Waals surface area contributed by atoms with Gasteiger partial charge < -0.3 is 4.74 Å². The number of hydrogen-bond acceptors (Lipinski definition) is 3. The molecule has 0 saturated carbocycles. The van der Waals surface area contributed by atoms with Gasteiger partial charge >= 0.3 is 55.4 Å². The predicted octanol–water partition coefficient (Wildman–Crippen LogP) is 12.7. The lowest BCUT2D eigenvalue weighted by Gasteiger charge is -2.46. The highest BCUT2D eigenvalue weighted by Gasteiger charge is 2.47. The molecule has 5 rings (SSSR count). The number of hydrogen-bond donors (Lipinski definition) is 0. The van der Waals surface area contributed by atoms with E-state index in [2.05, 4.69) is 4.74 Å². The fourth-order valence-corrected chi connectivity index (χ4v) is 8.02. The zero-order valence-electron chi connectivity index (χ0n) is 36.2. The number of carbonyl (C=O) groups excluding carboxylic acids is 2. The first-order valence-corrected chi connectivity index (χ1v) is 21.6. The zero-order chi connectivity index (χ0) is 56.0. The van der Waals surface area contributed by atoms with Crippen LogP contribution >= 0.6 is 0 Å². The number of carbonyl (C=O) groups is 2. The van der Waals surface area contributed by atoms with E-state index in [0.29, 0.717) is 16.9 Å². The molecular weight excluding hydrogens is 1080 g/mol. The molecule has 398 valence electrons. The summed E-state index contributed by atoms with van der Waals surface area (Å²) in [7, 11) is 1.43. The summed E-state index contributed by atoms with van der Waals surface area (Å²) in [4.78, 5) is 22.9. The Hall–Kier alpha value is -6.03. The van der Waals surface area contributed by atoms with E-state index in [1.807, 2.05) is 12.5 Å². The van der Waals surface area contributed by atoms with Crippen molar-refractivity contribution in [2.24, 2.45) is 0 Å². The molecule has 5 aromatic rings. The topological polar surface area (TPSA) is 43.4 Å². The summed E-state index contributed by atoms with van der Waals surface area (Å²) in [5, 5.41) is 0. The first-order chi connectivity index (χ1) is 32.8. The average Bonchev–Trinajstić information content (AvgIpc) is 3.23. The lowest BCUT2D eigenvalue weighted by Crippen LogP contribution is -2.75. The number of esters is 1. The van der Waals surface area contributed by atoms with Crippen LogP contribution in [0.25, 0.3) is 0 Å². The SMILES string of the molecule is COC(=O)c1ccc(C(=O)C[S+](C)C)cc1.FC(F)(F)c1cc([B-](c2cc(C(F)(F)F)cc(C(F)(F)F)c2)(c2cc(C(F)(F)F)cc(C(F)(F)F)c2)c2cc(C(F)(F)F)cc(C(F)(F)F)c2)cc(C(F)(F)F)c1. The van der Waals surface area contributed by atoms with Crippen molar-refractivity contribution in [1.29, 1.82) is 0 Å². The average molecular weight is 1100 g/mol. The summed E-state index contributed by atoms with van der Waals surface area (Å²) in [6, 6.07) is -2.25. The third-order valence-electron chi connectivity index (χ3n) is 10.5. The molecule has 0 unspecified atom stereocenters. The molecule has 0 amide bonds. The third-order valence-corrected chi connectivity index (χ3v) is 11.3. The second kappa shape index (κ2) is 20.4. The number of rotatable bonds is 8. The number of halogens is 24. The molecule has 0 atom stereocenters. The van der Waals surface area contributed by atoms with E-state index in [4.69, 9.17) is 0 Å². The Morgan fingerprint density at radius 3 is 0.726 bits per heavy atom. The Bertz CT molecular complexity index is 2380. The summed E-state index contributed by atoms with van der Waals surface area (Å²) in [5.74, 6) is 0.284. The van der Waals surface area contributed by atoms with E-state index in [0.717, 1.165) is 0 Å². The molecule has 3 nitrogen and oxygen atoms in total. The van der Waals surface area contributed by atoms with Crippen molar-refractivity contribution in [3.05, 3.63) is 153 Å². The van der Waals surface area contributed by atoms with Gasteiger partial charge in [-0.3, -0.25) is 4.79 Å². The van der Waals surface area contributed by atoms with Crippen molar-refractivity contribution in [2.45, 2.75) is 49.4 Å². The van der Waals surface area contributed by atoms with Gasteiger partial charge in [-0.1, -0.05) is 60.7 Å². The quantitative estimate of drug-likeness (QED) is 0.0511. The van der Waals surface area contributed by atoms with Crippen molar-refractivity contribution >= 4 is 50.6 Å². The highest BCUT2D eigenvalue weighted by atomic mass is 32.2. The first-order valence-electron chi connectivity index (χ1n) is 19.4. The highest BCUT2D eigenvalue weighted by Crippen LogP contribution is 2.41. The van der Waals surface area contributed by atoms with Crippen molar-refractivity contribution in [1.82, 2.24) is 0 Å². The van der Waals surface area contributed by atoms with E-state index in [1.165, 1.54) is 7.11 Å². The molecule has 29 heteroatoms. The van der Waals surface area contributed by atoms with Gasteiger partial charge in [0.1, 0.15) is 6.15 Å². The van der Waals surface area contributed by atoms with Crippen LogP contribution in [0, 0.1) is 0 Å². The monoisotopic (exact) mass is 1100 g/mol. The molecule has 0 radical (unpaired) electrons. The van der Waals surface area contributed by atoms with Crippen LogP contribution in [0.4, 0.5) is 105 Å². The highest BCUT2D eigenvalue weighted by molar-refractivity contribution is 7.96. The number of ketones is 1. The van der Waals surface area contributed by atoms with Gasteiger partial charge in [0, 0.05) is 5.56 Å². The molecular formula is C44H27BF24O3S. The summed E-state index contributed by atoms with van der Waals surface area (Å²) in [6.45, 7) is 0. The largest absolute Gasteiger partial charge is 0.465 e. The normalized spacial score (nSPS) is 13.4. The molecule has 5 aromatic carbocycles. The molecule has 0 heterocycles. The molecule has 0 aromatic heterocycles. The van der Waals surface area contributed by atoms with Crippen LogP contribution in [0.15, 0.2) is 97.1 Å². The lowest BCUT2D eigenvalue weighted by atomic mass is 9.12. The molecule has 0 N–H and O–H groups in total. The van der Waals surface area contributed by atoms with E-state index in [-0.39, 0.29) is 22.6 Å². The number of methoxy groups -OCH3 is 1. The summed E-state index contributed by atoms with van der Waals surface area (Å²) >= 11 is 0. The minimum atomic E-state index is -6.13. The van der Waals surface area contributed by atoms with Gasteiger partial charge in [-0.15, -0.1) is 0 Å². The van der Waals surface area contributed by atoms with Crippen molar-refractivity contribution < 1.29 is 120 Å². The van der Waals surface area contributed by atoms with E-state index >= 15 is 0 Å². The molecule has 0 aliphatic carbocycles. The van der Waals surface area contributed by atoms with Crippen molar-refractivity contribution in [3.63, 3.8) is 0 Å². The van der Waals surface area contributed by atoms with Crippen molar-refractivity contribution in [3.8, 4) is 0 Å². The van der Waals surface area contributed by atoms with Gasteiger partial charge in [-0.25, -0.2) is 4.79 Å². The van der Waals surface area contributed by atoms with E-state index in [1.54, 1.807) is 24.3 Å². The number of benzene rings is 5. The van der Waals surface area contributed by atoms with Crippen LogP contribution in [0.5, 0.6) is 0 Å². The Balaban J connectivity index is 0.000000613.